The summed E-state index contributed by atoms with van der Waals surface area (Å²) in [6, 6.07) is 6.10. The Hall–Kier alpha value is -1.01. The first-order chi connectivity index (χ1) is 9.45. The molecule has 3 N–H and O–H groups in total. The lowest BCUT2D eigenvalue weighted by atomic mass is 10.3. The van der Waals surface area contributed by atoms with Gasteiger partial charge in [-0.2, -0.15) is 0 Å². The standard InChI is InChI=1S/C14H25N5/c1-2-7-18-14(4-1)12-19-11-10-16-6-3-5-15-8-9-17-13-19/h1-2,4,7,15-17H,3,5-6,8-13H2. The number of nitrogens with one attached hydrogen (secondary N) is 3. The summed E-state index contributed by atoms with van der Waals surface area (Å²) in [5, 5.41) is 10.4. The first kappa shape index (κ1) is 14.4. The predicted molar refractivity (Wildman–Crippen MR) is 77.9 cm³/mol. The van der Waals surface area contributed by atoms with Crippen LogP contribution in [0.5, 0.6) is 0 Å². The monoisotopic (exact) mass is 263 g/mol. The molecule has 0 unspecified atom stereocenters. The highest BCUT2D eigenvalue weighted by atomic mass is 15.2. The first-order valence-electron chi connectivity index (χ1n) is 7.19. The number of rotatable bonds is 2. The second kappa shape index (κ2) is 8.98. The Labute approximate surface area is 115 Å². The van der Waals surface area contributed by atoms with Crippen LogP contribution < -0.4 is 16.0 Å². The van der Waals surface area contributed by atoms with Gasteiger partial charge >= 0.3 is 0 Å². The number of aromatic nitrogens is 1. The van der Waals surface area contributed by atoms with E-state index in [1.807, 2.05) is 12.3 Å². The minimum atomic E-state index is 0.906. The van der Waals surface area contributed by atoms with Crippen molar-refractivity contribution in [1.82, 2.24) is 25.8 Å². The normalized spacial score (nSPS) is 20.4. The second-order valence-corrected chi connectivity index (χ2v) is 4.89. The quantitative estimate of drug-likeness (QED) is 0.702. The Morgan fingerprint density at radius 1 is 1.00 bits per heavy atom. The van der Waals surface area contributed by atoms with Crippen LogP contribution in [-0.4, -0.2) is 55.8 Å². The lowest BCUT2D eigenvalue weighted by Gasteiger charge is -2.23. The molecule has 2 rings (SSSR count). The van der Waals surface area contributed by atoms with Crippen molar-refractivity contribution in [3.8, 4) is 0 Å². The maximum atomic E-state index is 4.40. The van der Waals surface area contributed by atoms with Crippen LogP contribution >= 0.6 is 0 Å². The van der Waals surface area contributed by atoms with Gasteiger partial charge in [0.05, 0.1) is 5.69 Å². The van der Waals surface area contributed by atoms with Gasteiger partial charge in [0.25, 0.3) is 0 Å². The summed E-state index contributed by atoms with van der Waals surface area (Å²) in [6.45, 7) is 8.17. The second-order valence-electron chi connectivity index (χ2n) is 4.89. The molecule has 0 bridgehead atoms. The Morgan fingerprint density at radius 2 is 1.84 bits per heavy atom. The van der Waals surface area contributed by atoms with Crippen LogP contribution in [0.25, 0.3) is 0 Å². The molecule has 0 amide bonds. The van der Waals surface area contributed by atoms with E-state index < -0.39 is 0 Å². The zero-order chi connectivity index (χ0) is 13.2. The molecule has 5 nitrogen and oxygen atoms in total. The molecule has 1 aliphatic heterocycles. The van der Waals surface area contributed by atoms with Crippen molar-refractivity contribution in [2.24, 2.45) is 0 Å². The van der Waals surface area contributed by atoms with Gasteiger partial charge in [0.1, 0.15) is 0 Å². The van der Waals surface area contributed by atoms with Crippen LogP contribution in [0.1, 0.15) is 12.1 Å². The molecule has 5 heteroatoms. The highest BCUT2D eigenvalue weighted by molar-refractivity contribution is 5.03. The Morgan fingerprint density at radius 3 is 2.68 bits per heavy atom. The van der Waals surface area contributed by atoms with Crippen LogP contribution in [0.4, 0.5) is 0 Å². The van der Waals surface area contributed by atoms with Crippen LogP contribution in [0.15, 0.2) is 24.4 Å². The molecule has 0 radical (unpaired) electrons. The third-order valence-corrected chi connectivity index (χ3v) is 3.24. The van der Waals surface area contributed by atoms with E-state index in [4.69, 9.17) is 0 Å². The van der Waals surface area contributed by atoms with Crippen molar-refractivity contribution in [1.29, 1.82) is 0 Å². The van der Waals surface area contributed by atoms with Gasteiger partial charge < -0.3 is 16.0 Å². The SMILES string of the molecule is c1ccc(CN2CCNCCCNCCNC2)nc1. The van der Waals surface area contributed by atoms with E-state index in [0.29, 0.717) is 0 Å². The first-order valence-corrected chi connectivity index (χ1v) is 7.19. The van der Waals surface area contributed by atoms with Crippen molar-refractivity contribution in [2.45, 2.75) is 13.0 Å². The molecule has 0 aliphatic carbocycles. The van der Waals surface area contributed by atoms with Crippen molar-refractivity contribution < 1.29 is 0 Å². The lowest BCUT2D eigenvalue weighted by Crippen LogP contribution is -2.41. The van der Waals surface area contributed by atoms with E-state index in [-0.39, 0.29) is 0 Å². The average Bonchev–Trinajstić information content (AvgIpc) is 2.43. The average molecular weight is 263 g/mol. The highest BCUT2D eigenvalue weighted by Gasteiger charge is 2.06. The third-order valence-electron chi connectivity index (χ3n) is 3.24. The van der Waals surface area contributed by atoms with Gasteiger partial charge in [0.2, 0.25) is 0 Å². The van der Waals surface area contributed by atoms with Crippen LogP contribution in [0.3, 0.4) is 0 Å². The topological polar surface area (TPSA) is 52.2 Å². The summed E-state index contributed by atoms with van der Waals surface area (Å²) in [7, 11) is 0. The molecule has 0 spiro atoms. The molecule has 0 atom stereocenters. The highest BCUT2D eigenvalue weighted by Crippen LogP contribution is 1.99. The van der Waals surface area contributed by atoms with E-state index in [1.165, 1.54) is 6.42 Å². The van der Waals surface area contributed by atoms with E-state index in [2.05, 4.69) is 38.0 Å². The van der Waals surface area contributed by atoms with E-state index in [0.717, 1.165) is 58.2 Å². The molecule has 2 heterocycles. The largest absolute Gasteiger partial charge is 0.315 e. The zero-order valence-corrected chi connectivity index (χ0v) is 11.6. The number of hydrogen-bond acceptors (Lipinski definition) is 5. The molecule has 106 valence electrons. The summed E-state index contributed by atoms with van der Waals surface area (Å²) < 4.78 is 0. The van der Waals surface area contributed by atoms with E-state index >= 15 is 0 Å². The van der Waals surface area contributed by atoms with Crippen molar-refractivity contribution in [2.75, 3.05) is 45.9 Å². The van der Waals surface area contributed by atoms with Crippen molar-refractivity contribution in [3.63, 3.8) is 0 Å². The maximum Gasteiger partial charge on any atom is 0.0544 e. The van der Waals surface area contributed by atoms with Gasteiger partial charge in [0.15, 0.2) is 0 Å². The van der Waals surface area contributed by atoms with E-state index in [9.17, 15) is 0 Å². The number of pyridine rings is 1. The maximum absolute atomic E-state index is 4.40. The van der Waals surface area contributed by atoms with Gasteiger partial charge in [-0.15, -0.1) is 0 Å². The Kier molecular flexibility index (Phi) is 6.81. The molecule has 1 saturated heterocycles. The summed E-state index contributed by atoms with van der Waals surface area (Å²) >= 11 is 0. The fraction of sp³-hybridized carbons (Fsp3) is 0.643. The number of nitrogens with zero attached hydrogens (tertiary/aromatic N) is 2. The van der Waals surface area contributed by atoms with Crippen LogP contribution in [-0.2, 0) is 6.54 Å². The van der Waals surface area contributed by atoms with Gasteiger partial charge in [-0.3, -0.25) is 9.88 Å². The molecule has 1 aromatic heterocycles. The van der Waals surface area contributed by atoms with Crippen LogP contribution in [0, 0.1) is 0 Å². The molecular weight excluding hydrogens is 238 g/mol. The fourth-order valence-corrected chi connectivity index (χ4v) is 2.17. The van der Waals surface area contributed by atoms with Crippen molar-refractivity contribution in [3.05, 3.63) is 30.1 Å². The summed E-state index contributed by atoms with van der Waals surface area (Å²) in [4.78, 5) is 6.80. The molecule has 1 aliphatic rings. The van der Waals surface area contributed by atoms with E-state index in [1.54, 1.807) is 0 Å². The van der Waals surface area contributed by atoms with Gasteiger partial charge in [-0.1, -0.05) is 6.07 Å². The summed E-state index contributed by atoms with van der Waals surface area (Å²) in [6.07, 6.45) is 3.06. The Balaban J connectivity index is 1.81. The van der Waals surface area contributed by atoms with Gasteiger partial charge in [-0.25, -0.2) is 0 Å². The molecule has 19 heavy (non-hydrogen) atoms. The minimum Gasteiger partial charge on any atom is -0.315 e. The lowest BCUT2D eigenvalue weighted by molar-refractivity contribution is 0.240. The van der Waals surface area contributed by atoms with Crippen molar-refractivity contribution >= 4 is 0 Å². The predicted octanol–water partition coefficient (Wildman–Crippen LogP) is 0.0136. The molecule has 1 aromatic rings. The Bertz CT molecular complexity index is 318. The fourth-order valence-electron chi connectivity index (χ4n) is 2.17. The molecular formula is C14H25N5. The van der Waals surface area contributed by atoms with Gasteiger partial charge in [0, 0.05) is 45.6 Å². The molecule has 0 saturated carbocycles. The van der Waals surface area contributed by atoms with Gasteiger partial charge in [-0.05, 0) is 31.6 Å². The summed E-state index contributed by atoms with van der Waals surface area (Å²) in [5.41, 5.74) is 1.13. The zero-order valence-electron chi connectivity index (χ0n) is 11.6. The molecule has 1 fully saturated rings. The minimum absolute atomic E-state index is 0.906. The number of hydrogen-bond donors (Lipinski definition) is 3. The smallest absolute Gasteiger partial charge is 0.0544 e. The summed E-state index contributed by atoms with van der Waals surface area (Å²) in [5.74, 6) is 0. The van der Waals surface area contributed by atoms with Crippen LogP contribution in [0.2, 0.25) is 0 Å². The third kappa shape index (κ3) is 6.11. The molecule has 0 aromatic carbocycles.